The van der Waals surface area contributed by atoms with Gasteiger partial charge >= 0.3 is 6.01 Å². The van der Waals surface area contributed by atoms with Gasteiger partial charge in [0.1, 0.15) is 18.2 Å². The number of piperazine rings is 1. The molecule has 5 rings (SSSR count). The zero-order valence-electron chi connectivity index (χ0n) is 22.1. The van der Waals surface area contributed by atoms with E-state index < -0.39 is 0 Å². The van der Waals surface area contributed by atoms with Crippen molar-refractivity contribution in [2.45, 2.75) is 58.4 Å². The number of hydrogen-bond acceptors (Lipinski definition) is 7. The van der Waals surface area contributed by atoms with Gasteiger partial charge in [-0.05, 0) is 69.6 Å². The molecule has 0 unspecified atom stereocenters. The standard InChI is InChI=1S/C28H37FN6O2/c1-5-26(36)34-11-12-35(20(3)14-34)27-24-16-33(15-21-13-22(29)9-8-19(21)2)17-25(24)30-28(31-27)37-18-23-7-6-10-32(23)4/h5,8-9,13,20,23H,1,6-7,10-12,14-18H2,2-4H3/t20-,23-/m0/s1. The Labute approximate surface area is 218 Å². The predicted octanol–water partition coefficient (Wildman–Crippen LogP) is 3.14. The summed E-state index contributed by atoms with van der Waals surface area (Å²) < 4.78 is 20.1. The van der Waals surface area contributed by atoms with Gasteiger partial charge in [0, 0.05) is 56.9 Å². The van der Waals surface area contributed by atoms with E-state index in [0.717, 1.165) is 41.2 Å². The number of fused-ring (bicyclic) bond motifs is 1. The summed E-state index contributed by atoms with van der Waals surface area (Å²) in [6.45, 7) is 13.3. The van der Waals surface area contributed by atoms with Crippen LogP contribution in [-0.2, 0) is 24.4 Å². The van der Waals surface area contributed by atoms with Crippen molar-refractivity contribution >= 4 is 11.7 Å². The van der Waals surface area contributed by atoms with Gasteiger partial charge in [0.2, 0.25) is 5.91 Å². The monoisotopic (exact) mass is 508 g/mol. The Hall–Kier alpha value is -3.04. The molecular formula is C28H37FN6O2. The van der Waals surface area contributed by atoms with Crippen molar-refractivity contribution < 1.29 is 13.9 Å². The Kier molecular flexibility index (Phi) is 7.44. The number of benzene rings is 1. The molecule has 0 N–H and O–H groups in total. The molecule has 1 amide bonds. The Morgan fingerprint density at radius 1 is 1.24 bits per heavy atom. The minimum atomic E-state index is -0.217. The molecule has 2 atom stereocenters. The Balaban J connectivity index is 1.40. The summed E-state index contributed by atoms with van der Waals surface area (Å²) in [4.78, 5) is 30.7. The van der Waals surface area contributed by atoms with E-state index in [1.165, 1.54) is 18.6 Å². The number of carbonyl (C=O) groups excluding carboxylic acids is 1. The van der Waals surface area contributed by atoms with E-state index in [4.69, 9.17) is 14.7 Å². The van der Waals surface area contributed by atoms with Crippen molar-refractivity contribution in [3.8, 4) is 6.01 Å². The zero-order valence-corrected chi connectivity index (χ0v) is 22.1. The molecule has 0 spiro atoms. The lowest BCUT2D eigenvalue weighted by molar-refractivity contribution is -0.126. The molecule has 37 heavy (non-hydrogen) atoms. The van der Waals surface area contributed by atoms with Crippen LogP contribution in [0.1, 0.15) is 42.1 Å². The van der Waals surface area contributed by atoms with Crippen LogP contribution < -0.4 is 9.64 Å². The molecule has 1 aromatic carbocycles. The van der Waals surface area contributed by atoms with Gasteiger partial charge in [0.05, 0.1) is 5.69 Å². The fourth-order valence-electron chi connectivity index (χ4n) is 5.71. The van der Waals surface area contributed by atoms with Crippen LogP contribution in [0.15, 0.2) is 30.9 Å². The molecule has 2 saturated heterocycles. The summed E-state index contributed by atoms with van der Waals surface area (Å²) in [5.41, 5.74) is 4.11. The summed E-state index contributed by atoms with van der Waals surface area (Å²) in [6, 6.07) is 5.83. The minimum absolute atomic E-state index is 0.0410. The van der Waals surface area contributed by atoms with Gasteiger partial charge in [0.25, 0.3) is 0 Å². The van der Waals surface area contributed by atoms with Crippen LogP contribution in [0, 0.1) is 12.7 Å². The fraction of sp³-hybridized carbons (Fsp3) is 0.536. The Morgan fingerprint density at radius 3 is 2.81 bits per heavy atom. The summed E-state index contributed by atoms with van der Waals surface area (Å²) in [5, 5.41) is 0. The highest BCUT2D eigenvalue weighted by atomic mass is 19.1. The van der Waals surface area contributed by atoms with Gasteiger partial charge in [-0.15, -0.1) is 0 Å². The molecule has 3 aliphatic rings. The van der Waals surface area contributed by atoms with Gasteiger partial charge < -0.3 is 19.4 Å². The van der Waals surface area contributed by atoms with Gasteiger partial charge in [0.15, 0.2) is 0 Å². The first-order chi connectivity index (χ1) is 17.8. The highest BCUT2D eigenvalue weighted by Crippen LogP contribution is 2.34. The number of rotatable bonds is 7. The first kappa shape index (κ1) is 25.6. The normalized spacial score (nSPS) is 22.4. The van der Waals surface area contributed by atoms with E-state index in [1.807, 2.05) is 17.9 Å². The molecule has 4 heterocycles. The summed E-state index contributed by atoms with van der Waals surface area (Å²) in [6.07, 6.45) is 3.68. The quantitative estimate of drug-likeness (QED) is 0.533. The molecule has 2 fully saturated rings. The van der Waals surface area contributed by atoms with Crippen LogP contribution in [0.4, 0.5) is 10.2 Å². The van der Waals surface area contributed by atoms with Crippen molar-refractivity contribution in [2.75, 3.05) is 44.7 Å². The predicted molar refractivity (Wildman–Crippen MR) is 141 cm³/mol. The van der Waals surface area contributed by atoms with Crippen LogP contribution in [0.25, 0.3) is 0 Å². The van der Waals surface area contributed by atoms with Crippen molar-refractivity contribution in [3.05, 3.63) is 59.1 Å². The van der Waals surface area contributed by atoms with Crippen molar-refractivity contribution in [2.24, 2.45) is 0 Å². The average Bonchev–Trinajstić information content (AvgIpc) is 3.49. The lowest BCUT2D eigenvalue weighted by atomic mass is 10.1. The molecule has 0 saturated carbocycles. The van der Waals surface area contributed by atoms with E-state index in [-0.39, 0.29) is 17.8 Å². The van der Waals surface area contributed by atoms with Crippen LogP contribution in [0.2, 0.25) is 0 Å². The summed E-state index contributed by atoms with van der Waals surface area (Å²) in [7, 11) is 2.13. The minimum Gasteiger partial charge on any atom is -0.462 e. The number of aromatic nitrogens is 2. The van der Waals surface area contributed by atoms with Crippen molar-refractivity contribution in [1.82, 2.24) is 24.7 Å². The second-order valence-electron chi connectivity index (χ2n) is 10.6. The molecule has 9 heteroatoms. The SMILES string of the molecule is C=CC(=O)N1CCN(c2nc(OC[C@@H]3CCCN3C)nc3c2CN(Cc2cc(F)ccc2C)C3)[C@@H](C)C1. The number of halogens is 1. The highest BCUT2D eigenvalue weighted by Gasteiger charge is 2.33. The lowest BCUT2D eigenvalue weighted by Gasteiger charge is -2.40. The first-order valence-electron chi connectivity index (χ1n) is 13.2. The lowest BCUT2D eigenvalue weighted by Crippen LogP contribution is -2.54. The van der Waals surface area contributed by atoms with E-state index in [1.54, 1.807) is 6.07 Å². The third-order valence-corrected chi connectivity index (χ3v) is 7.97. The molecule has 198 valence electrons. The summed E-state index contributed by atoms with van der Waals surface area (Å²) in [5.74, 6) is 0.628. The molecule has 0 aliphatic carbocycles. The molecular weight excluding hydrogens is 471 g/mol. The van der Waals surface area contributed by atoms with Gasteiger partial charge in [-0.2, -0.15) is 9.97 Å². The number of hydrogen-bond donors (Lipinski definition) is 0. The number of likely N-dealkylation sites (tertiary alicyclic amines) is 1. The molecule has 0 bridgehead atoms. The number of anilines is 1. The second-order valence-corrected chi connectivity index (χ2v) is 10.6. The van der Waals surface area contributed by atoms with Gasteiger partial charge in [-0.25, -0.2) is 4.39 Å². The van der Waals surface area contributed by atoms with Crippen molar-refractivity contribution in [1.29, 1.82) is 0 Å². The van der Waals surface area contributed by atoms with E-state index in [2.05, 4.69) is 35.3 Å². The van der Waals surface area contributed by atoms with Gasteiger partial charge in [-0.1, -0.05) is 12.6 Å². The van der Waals surface area contributed by atoms with Crippen LogP contribution in [0.5, 0.6) is 6.01 Å². The number of likely N-dealkylation sites (N-methyl/N-ethyl adjacent to an activating group) is 1. The number of nitrogens with zero attached hydrogens (tertiary/aromatic N) is 6. The third-order valence-electron chi connectivity index (χ3n) is 7.97. The smallest absolute Gasteiger partial charge is 0.318 e. The van der Waals surface area contributed by atoms with E-state index in [0.29, 0.717) is 57.9 Å². The maximum absolute atomic E-state index is 13.9. The number of aryl methyl sites for hydroxylation is 1. The maximum atomic E-state index is 13.9. The maximum Gasteiger partial charge on any atom is 0.318 e. The van der Waals surface area contributed by atoms with Crippen LogP contribution in [0.3, 0.4) is 0 Å². The third kappa shape index (κ3) is 5.48. The topological polar surface area (TPSA) is 65.0 Å². The molecule has 8 nitrogen and oxygen atoms in total. The van der Waals surface area contributed by atoms with Crippen LogP contribution >= 0.6 is 0 Å². The zero-order chi connectivity index (χ0) is 26.1. The van der Waals surface area contributed by atoms with E-state index >= 15 is 0 Å². The summed E-state index contributed by atoms with van der Waals surface area (Å²) >= 11 is 0. The number of amides is 1. The number of ether oxygens (including phenoxy) is 1. The molecule has 3 aliphatic heterocycles. The molecule has 1 aromatic heterocycles. The average molecular weight is 509 g/mol. The Morgan fingerprint density at radius 2 is 2.08 bits per heavy atom. The first-order valence-corrected chi connectivity index (χ1v) is 13.2. The van der Waals surface area contributed by atoms with Crippen molar-refractivity contribution in [3.63, 3.8) is 0 Å². The van der Waals surface area contributed by atoms with Gasteiger partial charge in [-0.3, -0.25) is 9.69 Å². The largest absolute Gasteiger partial charge is 0.462 e. The molecule has 2 aromatic rings. The highest BCUT2D eigenvalue weighted by molar-refractivity contribution is 5.87. The molecule has 0 radical (unpaired) electrons. The van der Waals surface area contributed by atoms with E-state index in [9.17, 15) is 9.18 Å². The second kappa shape index (κ2) is 10.8. The Bertz CT molecular complexity index is 1170. The fourth-order valence-corrected chi connectivity index (χ4v) is 5.71. The van der Waals surface area contributed by atoms with Crippen LogP contribution in [-0.4, -0.2) is 82.5 Å². The number of carbonyl (C=O) groups is 1.